The summed E-state index contributed by atoms with van der Waals surface area (Å²) in [4.78, 5) is 24.2. The van der Waals surface area contributed by atoms with E-state index in [9.17, 15) is 9.59 Å². The number of hydrogen-bond donors (Lipinski definition) is 2. The van der Waals surface area contributed by atoms with Crippen molar-refractivity contribution in [2.45, 2.75) is 33.2 Å². The highest BCUT2D eigenvalue weighted by Gasteiger charge is 2.10. The summed E-state index contributed by atoms with van der Waals surface area (Å²) < 4.78 is 0. The van der Waals surface area contributed by atoms with Crippen LogP contribution in [0.5, 0.6) is 0 Å². The zero-order chi connectivity index (χ0) is 16.8. The Balaban J connectivity index is 2.04. The maximum Gasteiger partial charge on any atom is 0.255 e. The van der Waals surface area contributed by atoms with Gasteiger partial charge in [-0.2, -0.15) is 0 Å². The lowest BCUT2D eigenvalue weighted by Crippen LogP contribution is -2.31. The first-order chi connectivity index (χ1) is 11.0. The summed E-state index contributed by atoms with van der Waals surface area (Å²) in [5.41, 5.74) is 2.91. The fourth-order valence-corrected chi connectivity index (χ4v) is 2.11. The van der Waals surface area contributed by atoms with Gasteiger partial charge in [0.2, 0.25) is 0 Å². The highest BCUT2D eigenvalue weighted by Crippen LogP contribution is 2.12. The number of amides is 2. The molecule has 0 saturated heterocycles. The first-order valence-corrected chi connectivity index (χ1v) is 7.78. The Labute approximate surface area is 136 Å². The summed E-state index contributed by atoms with van der Waals surface area (Å²) >= 11 is 0. The largest absolute Gasteiger partial charge is 0.350 e. The molecular formula is C19H22N2O2. The average Bonchev–Trinajstić information content (AvgIpc) is 2.54. The molecule has 120 valence electrons. The van der Waals surface area contributed by atoms with Gasteiger partial charge < -0.3 is 10.6 Å². The van der Waals surface area contributed by atoms with Crippen molar-refractivity contribution < 1.29 is 9.59 Å². The van der Waals surface area contributed by atoms with Gasteiger partial charge in [0.1, 0.15) is 0 Å². The molecule has 0 aliphatic carbocycles. The lowest BCUT2D eigenvalue weighted by molar-refractivity contribution is 0.0937. The third-order valence-corrected chi connectivity index (χ3v) is 3.68. The minimum Gasteiger partial charge on any atom is -0.350 e. The molecular weight excluding hydrogens is 288 g/mol. The number of aryl methyl sites for hydroxylation is 1. The van der Waals surface area contributed by atoms with Crippen LogP contribution >= 0.6 is 0 Å². The maximum absolute atomic E-state index is 12.2. The van der Waals surface area contributed by atoms with Gasteiger partial charge in [-0.05, 0) is 62.2 Å². The number of anilines is 1. The summed E-state index contributed by atoms with van der Waals surface area (Å²) in [5, 5.41) is 5.75. The number of benzene rings is 2. The van der Waals surface area contributed by atoms with Crippen molar-refractivity contribution in [2.75, 3.05) is 5.32 Å². The highest BCUT2D eigenvalue weighted by molar-refractivity contribution is 6.05. The molecule has 0 radical (unpaired) electrons. The van der Waals surface area contributed by atoms with Crippen LogP contribution in [0.3, 0.4) is 0 Å². The number of hydrogen-bond acceptors (Lipinski definition) is 2. The van der Waals surface area contributed by atoms with Crippen LogP contribution < -0.4 is 10.6 Å². The van der Waals surface area contributed by atoms with Gasteiger partial charge in [0.05, 0.1) is 0 Å². The standard InChI is InChI=1S/C19H22N2O2/c1-4-14(3)20-18(22)15-8-10-16(11-9-15)19(23)21-17-7-5-6-13(2)12-17/h5-12,14H,4H2,1-3H3,(H,20,22)(H,21,23). The molecule has 0 saturated carbocycles. The molecule has 23 heavy (non-hydrogen) atoms. The molecule has 0 bridgehead atoms. The fourth-order valence-electron chi connectivity index (χ4n) is 2.11. The predicted octanol–water partition coefficient (Wildman–Crippen LogP) is 3.78. The number of nitrogens with one attached hydrogen (secondary N) is 2. The van der Waals surface area contributed by atoms with E-state index in [-0.39, 0.29) is 17.9 Å². The van der Waals surface area contributed by atoms with Gasteiger partial charge >= 0.3 is 0 Å². The zero-order valence-corrected chi connectivity index (χ0v) is 13.7. The van der Waals surface area contributed by atoms with Gasteiger partial charge in [-0.25, -0.2) is 0 Å². The van der Waals surface area contributed by atoms with Gasteiger partial charge in [0.15, 0.2) is 0 Å². The molecule has 4 heteroatoms. The predicted molar refractivity (Wildman–Crippen MR) is 92.8 cm³/mol. The molecule has 2 N–H and O–H groups in total. The molecule has 2 amide bonds. The van der Waals surface area contributed by atoms with Crippen LogP contribution in [-0.4, -0.2) is 17.9 Å². The van der Waals surface area contributed by atoms with Crippen molar-refractivity contribution in [3.63, 3.8) is 0 Å². The van der Waals surface area contributed by atoms with E-state index in [4.69, 9.17) is 0 Å². The van der Waals surface area contributed by atoms with Crippen molar-refractivity contribution in [3.05, 3.63) is 65.2 Å². The molecule has 2 aromatic rings. The van der Waals surface area contributed by atoms with Gasteiger partial charge in [0, 0.05) is 22.9 Å². The van der Waals surface area contributed by atoms with Crippen molar-refractivity contribution in [1.82, 2.24) is 5.32 Å². The van der Waals surface area contributed by atoms with Crippen LogP contribution in [0.15, 0.2) is 48.5 Å². The molecule has 2 rings (SSSR count). The summed E-state index contributed by atoms with van der Waals surface area (Å²) in [6, 6.07) is 14.4. The van der Waals surface area contributed by atoms with Crippen LogP contribution in [0, 0.1) is 6.92 Å². The summed E-state index contributed by atoms with van der Waals surface area (Å²) in [5.74, 6) is -0.311. The van der Waals surface area contributed by atoms with Gasteiger partial charge in [0.25, 0.3) is 11.8 Å². The number of carbonyl (C=O) groups is 2. The normalized spacial score (nSPS) is 11.6. The summed E-state index contributed by atoms with van der Waals surface area (Å²) in [6.07, 6.45) is 0.878. The van der Waals surface area contributed by atoms with Crippen molar-refractivity contribution in [2.24, 2.45) is 0 Å². The van der Waals surface area contributed by atoms with Crippen molar-refractivity contribution in [3.8, 4) is 0 Å². The Morgan fingerprint density at radius 1 is 1.00 bits per heavy atom. The van der Waals surface area contributed by atoms with E-state index in [1.54, 1.807) is 24.3 Å². The smallest absolute Gasteiger partial charge is 0.255 e. The monoisotopic (exact) mass is 310 g/mol. The molecule has 4 nitrogen and oxygen atoms in total. The van der Waals surface area contributed by atoms with E-state index < -0.39 is 0 Å². The molecule has 0 aliphatic rings. The van der Waals surface area contributed by atoms with Gasteiger partial charge in [-0.1, -0.05) is 19.1 Å². The Bertz CT molecular complexity index is 693. The summed E-state index contributed by atoms with van der Waals surface area (Å²) in [7, 11) is 0. The van der Waals surface area contributed by atoms with Crippen molar-refractivity contribution in [1.29, 1.82) is 0 Å². The number of carbonyl (C=O) groups excluding carboxylic acids is 2. The van der Waals surface area contributed by atoms with Crippen LogP contribution in [0.2, 0.25) is 0 Å². The van der Waals surface area contributed by atoms with E-state index in [0.717, 1.165) is 17.7 Å². The lowest BCUT2D eigenvalue weighted by atomic mass is 10.1. The first-order valence-electron chi connectivity index (χ1n) is 7.78. The minimum atomic E-state index is -0.190. The van der Waals surface area contributed by atoms with Crippen LogP contribution in [0.4, 0.5) is 5.69 Å². The molecule has 0 spiro atoms. The Hall–Kier alpha value is -2.62. The van der Waals surface area contributed by atoms with E-state index >= 15 is 0 Å². The van der Waals surface area contributed by atoms with Crippen LogP contribution in [-0.2, 0) is 0 Å². The molecule has 2 aromatic carbocycles. The fraction of sp³-hybridized carbons (Fsp3) is 0.263. The minimum absolute atomic E-state index is 0.120. The molecule has 1 unspecified atom stereocenters. The van der Waals surface area contributed by atoms with Gasteiger partial charge in [-0.15, -0.1) is 0 Å². The summed E-state index contributed by atoms with van der Waals surface area (Å²) in [6.45, 7) is 5.95. The topological polar surface area (TPSA) is 58.2 Å². The van der Waals surface area contributed by atoms with Crippen molar-refractivity contribution >= 4 is 17.5 Å². The van der Waals surface area contributed by atoms with Gasteiger partial charge in [-0.3, -0.25) is 9.59 Å². The van der Waals surface area contributed by atoms with E-state index in [2.05, 4.69) is 10.6 Å². The molecule has 0 heterocycles. The van der Waals surface area contributed by atoms with Crippen LogP contribution in [0.1, 0.15) is 46.5 Å². The maximum atomic E-state index is 12.2. The second-order valence-corrected chi connectivity index (χ2v) is 5.68. The second kappa shape index (κ2) is 7.58. The SMILES string of the molecule is CCC(C)NC(=O)c1ccc(C(=O)Nc2cccc(C)c2)cc1. The highest BCUT2D eigenvalue weighted by atomic mass is 16.2. The van der Waals surface area contributed by atoms with E-state index in [0.29, 0.717) is 11.1 Å². The first kappa shape index (κ1) is 16.7. The Morgan fingerprint density at radius 2 is 1.61 bits per heavy atom. The lowest BCUT2D eigenvalue weighted by Gasteiger charge is -2.11. The Kier molecular flexibility index (Phi) is 5.52. The molecule has 0 aliphatic heterocycles. The molecule has 0 fully saturated rings. The zero-order valence-electron chi connectivity index (χ0n) is 13.7. The molecule has 1 atom stereocenters. The second-order valence-electron chi connectivity index (χ2n) is 5.68. The number of rotatable bonds is 5. The van der Waals surface area contributed by atoms with Crippen LogP contribution in [0.25, 0.3) is 0 Å². The molecule has 0 aromatic heterocycles. The third-order valence-electron chi connectivity index (χ3n) is 3.68. The van der Waals surface area contributed by atoms with E-state index in [1.807, 2.05) is 45.0 Å². The van der Waals surface area contributed by atoms with E-state index in [1.165, 1.54) is 0 Å². The third kappa shape index (κ3) is 4.68. The Morgan fingerprint density at radius 3 is 2.17 bits per heavy atom. The quantitative estimate of drug-likeness (QED) is 0.883. The average molecular weight is 310 g/mol.